The number of hydrogen-bond donors (Lipinski definition) is 0. The molecule has 0 aliphatic carbocycles. The van der Waals surface area contributed by atoms with E-state index in [0.717, 1.165) is 6.54 Å². The van der Waals surface area contributed by atoms with Gasteiger partial charge in [0.25, 0.3) is 0 Å². The van der Waals surface area contributed by atoms with E-state index in [4.69, 9.17) is 9.90 Å². The first-order valence-corrected chi connectivity index (χ1v) is 5.01. The van der Waals surface area contributed by atoms with Crippen LogP contribution >= 0.6 is 0 Å². The smallest absolute Gasteiger partial charge is 0.430 e. The van der Waals surface area contributed by atoms with E-state index in [-0.39, 0.29) is 0 Å². The monoisotopic (exact) mass is 249 g/mol. The average Bonchev–Trinajstić information content (AvgIpc) is 2.17. The summed E-state index contributed by atoms with van der Waals surface area (Å²) in [6, 6.07) is 4.21. The van der Waals surface area contributed by atoms with Gasteiger partial charge in [-0.2, -0.15) is 13.2 Å². The fourth-order valence-corrected chi connectivity index (χ4v) is 1.05. The molecule has 1 heterocycles. The maximum Gasteiger partial charge on any atom is 0.430 e. The first kappa shape index (κ1) is 15.4. The summed E-state index contributed by atoms with van der Waals surface area (Å²) in [5, 5.41) is 8.78. The van der Waals surface area contributed by atoms with Crippen molar-refractivity contribution in [1.82, 2.24) is 0 Å². The van der Waals surface area contributed by atoms with E-state index < -0.39 is 12.1 Å². The molecule has 0 aromatic carbocycles. The van der Waals surface area contributed by atoms with Crippen molar-refractivity contribution in [2.24, 2.45) is 0 Å². The number of aryl methyl sites for hydroxylation is 2. The number of alkyl halides is 3. The summed E-state index contributed by atoms with van der Waals surface area (Å²) in [5.41, 5.74) is 1.33. The Morgan fingerprint density at radius 2 is 2.00 bits per heavy atom. The van der Waals surface area contributed by atoms with Crippen molar-refractivity contribution in [3.8, 4) is 0 Å². The molecule has 0 saturated carbocycles. The number of rotatable bonds is 2. The highest BCUT2D eigenvalue weighted by atomic mass is 19.4. The van der Waals surface area contributed by atoms with Crippen LogP contribution in [0.3, 0.4) is 0 Å². The number of carboxylic acids is 1. The van der Waals surface area contributed by atoms with Gasteiger partial charge < -0.3 is 9.90 Å². The largest absolute Gasteiger partial charge is 0.542 e. The number of aliphatic carboxylic acids is 1. The Hall–Kier alpha value is -1.59. The Bertz CT molecular complexity index is 364. The summed E-state index contributed by atoms with van der Waals surface area (Å²) < 4.78 is 33.8. The lowest BCUT2D eigenvalue weighted by molar-refractivity contribution is -0.697. The Balaban J connectivity index is 0.000000325. The number of nitrogens with zero attached hydrogens (tertiary/aromatic N) is 1. The predicted octanol–water partition coefficient (Wildman–Crippen LogP) is 0.991. The zero-order valence-corrected chi connectivity index (χ0v) is 9.62. The third kappa shape index (κ3) is 7.32. The second kappa shape index (κ2) is 6.88. The number of halogens is 3. The van der Waals surface area contributed by atoms with E-state index in [0.29, 0.717) is 0 Å². The van der Waals surface area contributed by atoms with Crippen LogP contribution in [0.4, 0.5) is 13.2 Å². The molecule has 1 aromatic heterocycles. The third-order valence-electron chi connectivity index (χ3n) is 1.72. The summed E-state index contributed by atoms with van der Waals surface area (Å²) in [7, 11) is 0. The predicted molar refractivity (Wildman–Crippen MR) is 52.7 cm³/mol. The van der Waals surface area contributed by atoms with Crippen LogP contribution in [0.2, 0.25) is 0 Å². The Morgan fingerprint density at radius 3 is 2.35 bits per heavy atom. The molecule has 1 rings (SSSR count). The molecular formula is C11H14F3NO2. The summed E-state index contributed by atoms with van der Waals surface area (Å²) >= 11 is 0. The summed E-state index contributed by atoms with van der Waals surface area (Å²) in [6.45, 7) is 5.43. The van der Waals surface area contributed by atoms with Gasteiger partial charge in [-0.3, -0.25) is 0 Å². The minimum atomic E-state index is -5.19. The lowest BCUT2D eigenvalue weighted by Crippen LogP contribution is -2.37. The molecule has 0 unspecified atom stereocenters. The second-order valence-corrected chi connectivity index (χ2v) is 3.40. The molecule has 0 N–H and O–H groups in total. The van der Waals surface area contributed by atoms with Gasteiger partial charge >= 0.3 is 6.18 Å². The average molecular weight is 249 g/mol. The molecule has 96 valence electrons. The van der Waals surface area contributed by atoms with E-state index in [1.165, 1.54) is 12.0 Å². The van der Waals surface area contributed by atoms with E-state index in [9.17, 15) is 13.2 Å². The number of aromatic nitrogens is 1. The van der Waals surface area contributed by atoms with Crippen LogP contribution in [0.25, 0.3) is 0 Å². The molecular weight excluding hydrogens is 235 g/mol. The lowest BCUT2D eigenvalue weighted by Gasteiger charge is -2.03. The van der Waals surface area contributed by atoms with Crippen molar-refractivity contribution in [3.63, 3.8) is 0 Å². The standard InChI is InChI=1S/C9H14N.C2HF3O2/c1-3-6-10-7-4-5-9(2)8-10;3-2(4,5)1(6)7/h4-5,7-8H,3,6H2,1-2H3;(H,6,7)/q+1;/p-1. The van der Waals surface area contributed by atoms with Gasteiger partial charge in [0.15, 0.2) is 12.4 Å². The maximum absolute atomic E-state index is 10.5. The number of hydrogen-bond acceptors (Lipinski definition) is 2. The fourth-order valence-electron chi connectivity index (χ4n) is 1.05. The van der Waals surface area contributed by atoms with Gasteiger partial charge in [0.05, 0.1) is 0 Å². The summed E-state index contributed by atoms with van der Waals surface area (Å²) in [4.78, 5) is 8.78. The molecule has 0 bridgehead atoms. The Labute approximate surface area is 97.5 Å². The lowest BCUT2D eigenvalue weighted by atomic mass is 10.3. The van der Waals surface area contributed by atoms with Crippen molar-refractivity contribution in [1.29, 1.82) is 0 Å². The van der Waals surface area contributed by atoms with Crippen LogP contribution in [-0.2, 0) is 11.3 Å². The molecule has 0 saturated heterocycles. The van der Waals surface area contributed by atoms with Crippen molar-refractivity contribution in [2.45, 2.75) is 33.0 Å². The molecule has 0 radical (unpaired) electrons. The van der Waals surface area contributed by atoms with Gasteiger partial charge in [0, 0.05) is 18.1 Å². The zero-order chi connectivity index (χ0) is 13.5. The third-order valence-corrected chi connectivity index (χ3v) is 1.72. The SMILES string of the molecule is CCC[n+]1cccc(C)c1.O=C([O-])C(F)(F)F. The topological polar surface area (TPSA) is 44.0 Å². The van der Waals surface area contributed by atoms with E-state index in [1.807, 2.05) is 0 Å². The fraction of sp³-hybridized carbons (Fsp3) is 0.455. The molecule has 0 amide bonds. The van der Waals surface area contributed by atoms with Gasteiger partial charge in [-0.25, -0.2) is 4.57 Å². The van der Waals surface area contributed by atoms with Gasteiger partial charge in [0.2, 0.25) is 0 Å². The van der Waals surface area contributed by atoms with Crippen LogP contribution in [0.15, 0.2) is 24.5 Å². The normalized spacial score (nSPS) is 10.4. The highest BCUT2D eigenvalue weighted by Crippen LogP contribution is 2.11. The van der Waals surface area contributed by atoms with Crippen LogP contribution in [0, 0.1) is 6.92 Å². The van der Waals surface area contributed by atoms with E-state index in [1.54, 1.807) is 0 Å². The van der Waals surface area contributed by atoms with Gasteiger partial charge in [-0.05, 0) is 13.0 Å². The number of carbonyl (C=O) groups is 1. The molecule has 6 heteroatoms. The molecule has 0 fully saturated rings. The first-order valence-electron chi connectivity index (χ1n) is 5.01. The minimum absolute atomic E-state index is 1.13. The Kier molecular flexibility index (Phi) is 6.23. The molecule has 0 atom stereocenters. The quantitative estimate of drug-likeness (QED) is 0.734. The van der Waals surface area contributed by atoms with Crippen molar-refractivity contribution in [3.05, 3.63) is 30.1 Å². The minimum Gasteiger partial charge on any atom is -0.542 e. The zero-order valence-electron chi connectivity index (χ0n) is 9.62. The molecule has 0 spiro atoms. The number of carbonyl (C=O) groups excluding carboxylic acids is 1. The molecule has 3 nitrogen and oxygen atoms in total. The van der Waals surface area contributed by atoms with Crippen LogP contribution < -0.4 is 9.67 Å². The molecule has 1 aromatic rings. The van der Waals surface area contributed by atoms with Crippen molar-refractivity contribution >= 4 is 5.97 Å². The number of pyridine rings is 1. The maximum atomic E-state index is 10.5. The summed E-state index contributed by atoms with van der Waals surface area (Å²) in [5.74, 6) is -3.01. The summed E-state index contributed by atoms with van der Waals surface area (Å²) in [6.07, 6.45) is 0.286. The second-order valence-electron chi connectivity index (χ2n) is 3.40. The van der Waals surface area contributed by atoms with Crippen molar-refractivity contribution in [2.75, 3.05) is 0 Å². The van der Waals surface area contributed by atoms with Gasteiger partial charge in [-0.15, -0.1) is 0 Å². The van der Waals surface area contributed by atoms with Crippen LogP contribution in [0.1, 0.15) is 18.9 Å². The molecule has 0 aliphatic heterocycles. The van der Waals surface area contributed by atoms with Gasteiger partial charge in [-0.1, -0.05) is 6.92 Å². The first-order chi connectivity index (χ1) is 7.77. The molecule has 17 heavy (non-hydrogen) atoms. The van der Waals surface area contributed by atoms with E-state index in [2.05, 4.69) is 42.9 Å². The highest BCUT2D eigenvalue weighted by molar-refractivity contribution is 5.70. The molecule has 0 aliphatic rings. The Morgan fingerprint density at radius 1 is 1.47 bits per heavy atom. The number of carboxylic acid groups (broad SMARTS) is 1. The van der Waals surface area contributed by atoms with Crippen molar-refractivity contribution < 1.29 is 27.6 Å². The highest BCUT2D eigenvalue weighted by Gasteiger charge is 2.28. The van der Waals surface area contributed by atoms with Crippen LogP contribution in [0.5, 0.6) is 0 Å². The van der Waals surface area contributed by atoms with E-state index >= 15 is 0 Å². The van der Waals surface area contributed by atoms with Crippen LogP contribution in [-0.4, -0.2) is 12.1 Å². The van der Waals surface area contributed by atoms with Gasteiger partial charge in [0.1, 0.15) is 12.5 Å².